The highest BCUT2D eigenvalue weighted by molar-refractivity contribution is 8.00. The van der Waals surface area contributed by atoms with Gasteiger partial charge in [0.2, 0.25) is 0 Å². The number of hydrogen-bond acceptors (Lipinski definition) is 3. The van der Waals surface area contributed by atoms with Crippen molar-refractivity contribution in [3.05, 3.63) is 0 Å². The van der Waals surface area contributed by atoms with E-state index in [2.05, 4.69) is 23.6 Å². The lowest BCUT2D eigenvalue weighted by molar-refractivity contribution is 0.131. The van der Waals surface area contributed by atoms with E-state index in [1.807, 2.05) is 0 Å². The molecule has 0 aromatic rings. The van der Waals surface area contributed by atoms with Gasteiger partial charge in [-0.2, -0.15) is 11.8 Å². The number of likely N-dealkylation sites (tertiary alicyclic amines) is 1. The van der Waals surface area contributed by atoms with Crippen LogP contribution in [0.2, 0.25) is 0 Å². The molecule has 0 spiro atoms. The molecule has 0 amide bonds. The van der Waals surface area contributed by atoms with Gasteiger partial charge in [0, 0.05) is 30.1 Å². The Hall–Kier alpha value is 0.270. The summed E-state index contributed by atoms with van der Waals surface area (Å²) in [4.78, 5) is 2.63. The summed E-state index contributed by atoms with van der Waals surface area (Å²) in [5, 5.41) is 0. The Balaban J connectivity index is 1.84. The Morgan fingerprint density at radius 3 is 2.67 bits per heavy atom. The molecular weight excluding hydrogens is 168 g/mol. The summed E-state index contributed by atoms with van der Waals surface area (Å²) in [6.07, 6.45) is 1.20. The minimum atomic E-state index is 0.453. The van der Waals surface area contributed by atoms with Crippen LogP contribution in [0.25, 0.3) is 0 Å². The second kappa shape index (κ2) is 3.56. The number of thioether (sulfide) groups is 1. The summed E-state index contributed by atoms with van der Waals surface area (Å²) in [5.74, 6) is 3.40. The molecule has 0 bridgehead atoms. The Morgan fingerprint density at radius 2 is 2.17 bits per heavy atom. The summed E-state index contributed by atoms with van der Waals surface area (Å²) >= 11 is 2.07. The summed E-state index contributed by atoms with van der Waals surface area (Å²) in [7, 11) is 0. The largest absolute Gasteiger partial charge is 0.327 e. The molecule has 3 heteroatoms. The van der Waals surface area contributed by atoms with Crippen LogP contribution < -0.4 is 5.73 Å². The average Bonchev–Trinajstić information content (AvgIpc) is 1.93. The average molecular weight is 186 g/mol. The maximum atomic E-state index is 5.97. The zero-order valence-electron chi connectivity index (χ0n) is 7.70. The number of nitrogens with two attached hydrogens (primary N) is 1. The molecule has 2 rings (SSSR count). The third-order valence-electron chi connectivity index (χ3n) is 3.14. The van der Waals surface area contributed by atoms with Gasteiger partial charge in [0.05, 0.1) is 0 Å². The van der Waals surface area contributed by atoms with Crippen LogP contribution in [0.3, 0.4) is 0 Å². The fraction of sp³-hybridized carbons (Fsp3) is 1.00. The standard InChI is InChI=1S/C9H18N2S/c1-7-4-11(3-2-9(7)10)8-5-12-6-8/h7-9H,2-6,10H2,1H3. The van der Waals surface area contributed by atoms with Gasteiger partial charge in [-0.3, -0.25) is 4.90 Å². The Labute approximate surface area is 78.9 Å². The molecule has 0 radical (unpaired) electrons. The molecule has 2 fully saturated rings. The van der Waals surface area contributed by atoms with Crippen LogP contribution >= 0.6 is 11.8 Å². The lowest BCUT2D eigenvalue weighted by atomic mass is 9.94. The first-order valence-electron chi connectivity index (χ1n) is 4.85. The number of nitrogens with zero attached hydrogens (tertiary/aromatic N) is 1. The minimum Gasteiger partial charge on any atom is -0.327 e. The molecule has 0 aromatic heterocycles. The van der Waals surface area contributed by atoms with Crippen molar-refractivity contribution in [3.8, 4) is 0 Å². The second-order valence-corrected chi connectivity index (χ2v) is 5.19. The fourth-order valence-corrected chi connectivity index (χ4v) is 2.83. The molecule has 0 aromatic carbocycles. The quantitative estimate of drug-likeness (QED) is 0.656. The molecule has 0 saturated carbocycles. The number of piperidine rings is 1. The van der Waals surface area contributed by atoms with Gasteiger partial charge in [-0.25, -0.2) is 0 Å². The lowest BCUT2D eigenvalue weighted by Gasteiger charge is -2.43. The fourth-order valence-electron chi connectivity index (χ4n) is 1.96. The van der Waals surface area contributed by atoms with Crippen molar-refractivity contribution < 1.29 is 0 Å². The Morgan fingerprint density at radius 1 is 1.42 bits per heavy atom. The highest BCUT2D eigenvalue weighted by atomic mass is 32.2. The van der Waals surface area contributed by atoms with E-state index in [4.69, 9.17) is 5.73 Å². The summed E-state index contributed by atoms with van der Waals surface area (Å²) in [6, 6.07) is 1.33. The molecule has 12 heavy (non-hydrogen) atoms. The van der Waals surface area contributed by atoms with Crippen molar-refractivity contribution in [2.75, 3.05) is 24.6 Å². The normalized spacial score (nSPS) is 39.5. The van der Waals surface area contributed by atoms with Gasteiger partial charge in [-0.05, 0) is 18.9 Å². The van der Waals surface area contributed by atoms with Gasteiger partial charge >= 0.3 is 0 Å². The lowest BCUT2D eigenvalue weighted by Crippen LogP contribution is -2.53. The Kier molecular flexibility index (Phi) is 2.63. The SMILES string of the molecule is CC1CN(C2CSC2)CCC1N. The van der Waals surface area contributed by atoms with Crippen molar-refractivity contribution in [1.82, 2.24) is 4.90 Å². The van der Waals surface area contributed by atoms with Crippen molar-refractivity contribution in [2.24, 2.45) is 11.7 Å². The van der Waals surface area contributed by atoms with Crippen LogP contribution in [0.1, 0.15) is 13.3 Å². The first-order valence-corrected chi connectivity index (χ1v) is 6.00. The van der Waals surface area contributed by atoms with Gasteiger partial charge in [0.25, 0.3) is 0 Å². The zero-order chi connectivity index (χ0) is 8.55. The van der Waals surface area contributed by atoms with Gasteiger partial charge in [-0.15, -0.1) is 0 Å². The van der Waals surface area contributed by atoms with Gasteiger partial charge in [0.1, 0.15) is 0 Å². The monoisotopic (exact) mass is 186 g/mol. The number of rotatable bonds is 1. The van der Waals surface area contributed by atoms with Crippen molar-refractivity contribution >= 4 is 11.8 Å². The molecule has 2 nitrogen and oxygen atoms in total. The van der Waals surface area contributed by atoms with Crippen LogP contribution in [-0.4, -0.2) is 41.6 Å². The van der Waals surface area contributed by atoms with E-state index in [1.54, 1.807) is 0 Å². The molecule has 2 N–H and O–H groups in total. The van der Waals surface area contributed by atoms with Crippen LogP contribution in [0, 0.1) is 5.92 Å². The first kappa shape index (κ1) is 8.85. The molecule has 2 saturated heterocycles. The third-order valence-corrected chi connectivity index (χ3v) is 4.38. The third kappa shape index (κ3) is 1.63. The summed E-state index contributed by atoms with van der Waals surface area (Å²) in [6.45, 7) is 4.74. The van der Waals surface area contributed by atoms with Crippen LogP contribution in [0.4, 0.5) is 0 Å². The van der Waals surface area contributed by atoms with Crippen LogP contribution in [-0.2, 0) is 0 Å². The van der Waals surface area contributed by atoms with Crippen molar-refractivity contribution in [2.45, 2.75) is 25.4 Å². The zero-order valence-corrected chi connectivity index (χ0v) is 8.52. The maximum Gasteiger partial charge on any atom is 0.0277 e. The van der Waals surface area contributed by atoms with E-state index in [0.29, 0.717) is 12.0 Å². The topological polar surface area (TPSA) is 29.3 Å². The summed E-state index contributed by atoms with van der Waals surface area (Å²) in [5.41, 5.74) is 5.97. The van der Waals surface area contributed by atoms with E-state index in [0.717, 1.165) is 6.04 Å². The highest BCUT2D eigenvalue weighted by Crippen LogP contribution is 2.27. The first-order chi connectivity index (χ1) is 5.77. The predicted octanol–water partition coefficient (Wildman–Crippen LogP) is 0.771. The van der Waals surface area contributed by atoms with Gasteiger partial charge in [0.15, 0.2) is 0 Å². The predicted molar refractivity (Wildman–Crippen MR) is 54.4 cm³/mol. The van der Waals surface area contributed by atoms with E-state index >= 15 is 0 Å². The number of hydrogen-bond donors (Lipinski definition) is 1. The smallest absolute Gasteiger partial charge is 0.0277 e. The Bertz CT molecular complexity index is 159. The molecule has 0 aliphatic carbocycles. The van der Waals surface area contributed by atoms with E-state index in [1.165, 1.54) is 31.0 Å². The highest BCUT2D eigenvalue weighted by Gasteiger charge is 2.31. The molecule has 70 valence electrons. The van der Waals surface area contributed by atoms with Crippen LogP contribution in [0.5, 0.6) is 0 Å². The van der Waals surface area contributed by atoms with Crippen molar-refractivity contribution in [1.29, 1.82) is 0 Å². The maximum absolute atomic E-state index is 5.97. The van der Waals surface area contributed by atoms with Crippen molar-refractivity contribution in [3.63, 3.8) is 0 Å². The van der Waals surface area contributed by atoms with E-state index in [9.17, 15) is 0 Å². The molecule has 2 unspecified atom stereocenters. The summed E-state index contributed by atoms with van der Waals surface area (Å²) < 4.78 is 0. The van der Waals surface area contributed by atoms with E-state index in [-0.39, 0.29) is 0 Å². The molecule has 2 atom stereocenters. The van der Waals surface area contributed by atoms with Gasteiger partial charge < -0.3 is 5.73 Å². The second-order valence-electron chi connectivity index (χ2n) is 4.12. The molecule has 2 aliphatic rings. The minimum absolute atomic E-state index is 0.453. The molecular formula is C9H18N2S. The molecule has 2 heterocycles. The van der Waals surface area contributed by atoms with E-state index < -0.39 is 0 Å². The molecule has 2 aliphatic heterocycles. The van der Waals surface area contributed by atoms with Crippen LogP contribution in [0.15, 0.2) is 0 Å². The van der Waals surface area contributed by atoms with Gasteiger partial charge in [-0.1, -0.05) is 6.92 Å².